The minimum absolute atomic E-state index is 0. The van der Waals surface area contributed by atoms with E-state index in [2.05, 4.69) is 0 Å². The second-order valence-electron chi connectivity index (χ2n) is 0.250. The molecule has 0 aromatic carbocycles. The van der Waals surface area contributed by atoms with E-state index in [1.165, 1.54) is 0 Å². The Morgan fingerprint density at radius 3 is 1.29 bits per heavy atom. The minimum Gasteiger partial charge on any atom is -2.00 e. The van der Waals surface area contributed by atoms with E-state index in [0.717, 1.165) is 0 Å². The van der Waals surface area contributed by atoms with E-state index in [-0.39, 0.29) is 45.6 Å². The van der Waals surface area contributed by atoms with Crippen LogP contribution in [0.5, 0.6) is 0 Å². The molecule has 38 valence electrons. The molecule has 0 rings (SSSR count). The maximum Gasteiger partial charge on any atom is 2.00 e. The zero-order valence-electron chi connectivity index (χ0n) is 3.19. The van der Waals surface area contributed by atoms with Crippen molar-refractivity contribution in [2.45, 2.75) is 0 Å². The van der Waals surface area contributed by atoms with Gasteiger partial charge in [0, 0.05) is 0 Å². The largest absolute Gasteiger partial charge is 2.00 e. The Labute approximate surface area is 66.8 Å². The van der Waals surface area contributed by atoms with Gasteiger partial charge in [-0.2, -0.15) is 0 Å². The molecule has 0 fully saturated rings. The van der Waals surface area contributed by atoms with E-state index in [9.17, 15) is 0 Å². The van der Waals surface area contributed by atoms with Crippen molar-refractivity contribution in [3.63, 3.8) is 0 Å². The van der Waals surface area contributed by atoms with Gasteiger partial charge in [0.1, 0.15) is 0 Å². The van der Waals surface area contributed by atoms with Gasteiger partial charge in [0.2, 0.25) is 0 Å². The fourth-order valence-electron chi connectivity index (χ4n) is 0. The summed E-state index contributed by atoms with van der Waals surface area (Å²) in [5, 5.41) is 16.7. The Bertz CT molecular complexity index is 34.7. The van der Waals surface area contributed by atoms with Gasteiger partial charge in [-0.3, -0.25) is 0 Å². The van der Waals surface area contributed by atoms with Crippen LogP contribution in [-0.4, -0.2) is 29.2 Å². The van der Waals surface area contributed by atoms with Crippen molar-refractivity contribution in [1.82, 2.24) is 0 Å². The summed E-state index contributed by atoms with van der Waals surface area (Å²) in [7, 11) is 0. The Morgan fingerprint density at radius 1 is 1.29 bits per heavy atom. The van der Waals surface area contributed by atoms with Crippen LogP contribution in [0.3, 0.4) is 0 Å². The average Bonchev–Trinajstić information content (AvgIpc) is 0.811. The van der Waals surface area contributed by atoms with Crippen molar-refractivity contribution in [1.29, 1.82) is 0 Å². The fraction of sp³-hybridized carbons (Fsp3) is 0. The molecule has 0 N–H and O–H groups in total. The molecule has 0 heterocycles. The standard InChI is InChI=1S/CH2O3.Fe.Mg.O/c2-1(3)4;;;/h(H2,2,3,4);;;/q;2*+2;-2/p-2. The molecule has 0 spiro atoms. The van der Waals surface area contributed by atoms with Crippen LogP contribution in [0.2, 0.25) is 0 Å². The van der Waals surface area contributed by atoms with Gasteiger partial charge >= 0.3 is 40.1 Å². The predicted molar refractivity (Wildman–Crippen MR) is 11.8 cm³/mol. The molecule has 0 radical (unpaired) electrons. The van der Waals surface area contributed by atoms with E-state index in [0.29, 0.717) is 0 Å². The summed E-state index contributed by atoms with van der Waals surface area (Å²) in [5.41, 5.74) is 0. The summed E-state index contributed by atoms with van der Waals surface area (Å²) in [6.07, 6.45) is -2.33. The number of carbonyl (C=O) groups is 1. The van der Waals surface area contributed by atoms with Crippen molar-refractivity contribution in [2.75, 3.05) is 0 Å². The van der Waals surface area contributed by atoms with Gasteiger partial charge in [-0.1, -0.05) is 0 Å². The van der Waals surface area contributed by atoms with Crippen LogP contribution in [0.1, 0.15) is 0 Å². The van der Waals surface area contributed by atoms with Crippen LogP contribution < -0.4 is 10.2 Å². The molecule has 4 nitrogen and oxygen atoms in total. The third kappa shape index (κ3) is 500. The molecular formula is CFeMgO4. The van der Waals surface area contributed by atoms with Gasteiger partial charge in [-0.25, -0.2) is 0 Å². The van der Waals surface area contributed by atoms with Crippen LogP contribution in [-0.2, 0) is 22.5 Å². The summed E-state index contributed by atoms with van der Waals surface area (Å²) in [6, 6.07) is 0. The van der Waals surface area contributed by atoms with E-state index >= 15 is 0 Å². The van der Waals surface area contributed by atoms with E-state index in [4.69, 9.17) is 15.0 Å². The van der Waals surface area contributed by atoms with Crippen LogP contribution in [0.4, 0.5) is 4.79 Å². The Morgan fingerprint density at radius 2 is 1.29 bits per heavy atom. The molecule has 0 aromatic rings. The smallest absolute Gasteiger partial charge is 2.00 e. The van der Waals surface area contributed by atoms with Crippen molar-refractivity contribution in [2.24, 2.45) is 0 Å². The van der Waals surface area contributed by atoms with Crippen LogP contribution in [0.15, 0.2) is 0 Å². The molecular weight excluding hydrogens is 156 g/mol. The molecule has 0 bridgehead atoms. The third-order valence-corrected chi connectivity index (χ3v) is 0. The van der Waals surface area contributed by atoms with Crippen LogP contribution >= 0.6 is 0 Å². The average molecular weight is 156 g/mol. The van der Waals surface area contributed by atoms with Gasteiger partial charge in [0.15, 0.2) is 0 Å². The first-order chi connectivity index (χ1) is 1.73. The molecule has 0 atom stereocenters. The predicted octanol–water partition coefficient (Wildman–Crippen LogP) is -2.95. The zero-order chi connectivity index (χ0) is 3.58. The van der Waals surface area contributed by atoms with Crippen molar-refractivity contribution < 1.29 is 37.6 Å². The van der Waals surface area contributed by atoms with E-state index in [1.54, 1.807) is 0 Å². The summed E-state index contributed by atoms with van der Waals surface area (Å²) in [6.45, 7) is 0. The number of rotatable bonds is 0. The quantitative estimate of drug-likeness (QED) is 0.351. The molecule has 0 aliphatic carbocycles. The number of hydrogen-bond donors (Lipinski definition) is 0. The number of carboxylic acid groups (broad SMARTS) is 2. The Hall–Kier alpha value is 0.516. The van der Waals surface area contributed by atoms with Gasteiger partial charge in [-0.05, 0) is 6.16 Å². The first-order valence-electron chi connectivity index (χ1n) is 0.612. The normalized spacial score (nSPS) is 3.43. The molecule has 0 aromatic heterocycles. The molecule has 7 heavy (non-hydrogen) atoms. The van der Waals surface area contributed by atoms with Gasteiger partial charge < -0.3 is 20.5 Å². The maximum absolute atomic E-state index is 8.33. The third-order valence-electron chi connectivity index (χ3n) is 0. The summed E-state index contributed by atoms with van der Waals surface area (Å²) < 4.78 is 0. The van der Waals surface area contributed by atoms with Gasteiger partial charge in [0.05, 0.1) is 0 Å². The molecule has 0 aliphatic rings. The zero-order valence-corrected chi connectivity index (χ0v) is 5.71. The second-order valence-corrected chi connectivity index (χ2v) is 0.250. The summed E-state index contributed by atoms with van der Waals surface area (Å²) in [5.74, 6) is 0. The van der Waals surface area contributed by atoms with Crippen molar-refractivity contribution >= 4 is 29.2 Å². The second kappa shape index (κ2) is 16.0. The van der Waals surface area contributed by atoms with Gasteiger partial charge in [0.25, 0.3) is 0 Å². The molecule has 0 saturated carbocycles. The first-order valence-corrected chi connectivity index (χ1v) is 0.612. The van der Waals surface area contributed by atoms with E-state index in [1.807, 2.05) is 0 Å². The Kier molecular flexibility index (Phi) is 59.1. The first kappa shape index (κ1) is 25.8. The molecule has 0 saturated heterocycles. The Balaban J connectivity index is -0.0000000150. The van der Waals surface area contributed by atoms with Crippen molar-refractivity contribution in [3.8, 4) is 0 Å². The molecule has 0 amide bonds. The fourth-order valence-corrected chi connectivity index (χ4v) is 0. The van der Waals surface area contributed by atoms with Crippen LogP contribution in [0.25, 0.3) is 0 Å². The summed E-state index contributed by atoms with van der Waals surface area (Å²) >= 11 is 0. The topological polar surface area (TPSA) is 91.7 Å². The molecule has 0 unspecified atom stereocenters. The minimum atomic E-state index is -2.33. The monoisotopic (exact) mass is 156 g/mol. The molecule has 0 aliphatic heterocycles. The summed E-state index contributed by atoms with van der Waals surface area (Å²) in [4.78, 5) is 8.33. The SMILES string of the molecule is O=C([O-])[O-].[Fe+2].[Mg+2].[O-2]. The van der Waals surface area contributed by atoms with Crippen molar-refractivity contribution in [3.05, 3.63) is 0 Å². The van der Waals surface area contributed by atoms with Gasteiger partial charge in [-0.15, -0.1) is 0 Å². The molecule has 6 heteroatoms. The van der Waals surface area contributed by atoms with E-state index < -0.39 is 6.16 Å². The maximum atomic E-state index is 8.33. The number of hydrogen-bond acceptors (Lipinski definition) is 3. The van der Waals surface area contributed by atoms with Crippen LogP contribution in [0, 0.1) is 0 Å². The number of carbonyl (C=O) groups excluding carboxylic acids is 1.